The van der Waals surface area contributed by atoms with Crippen molar-refractivity contribution in [1.82, 2.24) is 0 Å². The molecule has 0 saturated heterocycles. The molecule has 1 spiro atoms. The zero-order chi connectivity index (χ0) is 22.6. The van der Waals surface area contributed by atoms with Crippen LogP contribution in [0.4, 0.5) is 5.69 Å². The van der Waals surface area contributed by atoms with Crippen LogP contribution in [0.5, 0.6) is 23.0 Å². The first-order chi connectivity index (χ1) is 15.4. The molecule has 1 unspecified atom stereocenters. The zero-order valence-electron chi connectivity index (χ0n) is 16.6. The third-order valence-corrected chi connectivity index (χ3v) is 6.10. The molecule has 0 aliphatic carbocycles. The number of aromatic hydroxyl groups is 2. The number of phenols is 2. The van der Waals surface area contributed by atoms with Crippen molar-refractivity contribution in [2.45, 2.75) is 5.60 Å². The number of hydrogen-bond acceptors (Lipinski definition) is 7. The van der Waals surface area contributed by atoms with Crippen LogP contribution in [0.2, 0.25) is 0 Å². The molecule has 2 aliphatic heterocycles. The Bertz CT molecular complexity index is 1300. The minimum absolute atomic E-state index is 0.0194. The van der Waals surface area contributed by atoms with Gasteiger partial charge in [0.1, 0.15) is 22.9 Å². The number of anilines is 1. The van der Waals surface area contributed by atoms with Gasteiger partial charge in [-0.15, -0.1) is 0 Å². The molecule has 0 saturated carbocycles. The van der Waals surface area contributed by atoms with Crippen LogP contribution in [0.15, 0.2) is 54.6 Å². The van der Waals surface area contributed by atoms with E-state index in [-0.39, 0.29) is 33.8 Å². The van der Waals surface area contributed by atoms with Crippen molar-refractivity contribution in [3.05, 3.63) is 76.9 Å². The summed E-state index contributed by atoms with van der Waals surface area (Å²) in [4.78, 5) is 14.4. The summed E-state index contributed by atoms with van der Waals surface area (Å²) in [6.07, 6.45) is 0. The lowest BCUT2D eigenvalue weighted by atomic mass is 9.77. The molecule has 7 nitrogen and oxygen atoms in total. The number of ether oxygens (including phenoxy) is 2. The predicted octanol–water partition coefficient (Wildman–Crippen LogP) is 3.65. The highest BCUT2D eigenvalue weighted by atomic mass is 32.1. The highest BCUT2D eigenvalue weighted by Gasteiger charge is 2.54. The molecule has 0 fully saturated rings. The lowest BCUT2D eigenvalue weighted by Crippen LogP contribution is -2.39. The lowest BCUT2D eigenvalue weighted by molar-refractivity contribution is 0.0224. The number of hydrogen-bond donors (Lipinski definition) is 4. The van der Waals surface area contributed by atoms with Gasteiger partial charge in [0.2, 0.25) is 0 Å². The Labute approximate surface area is 194 Å². The Morgan fingerprint density at radius 3 is 2.59 bits per heavy atom. The van der Waals surface area contributed by atoms with Gasteiger partial charge in [0, 0.05) is 29.5 Å². The Morgan fingerprint density at radius 2 is 1.84 bits per heavy atom. The molecule has 4 N–H and O–H groups in total. The molecule has 0 radical (unpaired) electrons. The number of fused-ring (bicyclic) bond motifs is 6. The van der Waals surface area contributed by atoms with Gasteiger partial charge < -0.3 is 30.3 Å². The number of esters is 1. The number of carbonyl (C=O) groups is 1. The maximum absolute atomic E-state index is 12.9. The SMILES string of the molecule is NC(=S)N(CCS)c1c(O)ccc2c1Oc1cc(O)ccc1C21OC(=O)c2ccccc21. The first kappa shape index (κ1) is 20.5. The van der Waals surface area contributed by atoms with E-state index in [9.17, 15) is 15.0 Å². The largest absolute Gasteiger partial charge is 0.508 e. The van der Waals surface area contributed by atoms with Crippen LogP contribution < -0.4 is 15.4 Å². The monoisotopic (exact) mass is 466 g/mol. The summed E-state index contributed by atoms with van der Waals surface area (Å²) in [5, 5.41) is 20.9. The molecule has 3 aromatic carbocycles. The van der Waals surface area contributed by atoms with E-state index in [0.29, 0.717) is 34.6 Å². The van der Waals surface area contributed by atoms with Crippen LogP contribution >= 0.6 is 24.8 Å². The molecule has 2 heterocycles. The summed E-state index contributed by atoms with van der Waals surface area (Å²) in [5.41, 5.74) is 6.96. The number of rotatable bonds is 3. The van der Waals surface area contributed by atoms with Crippen LogP contribution in [0, 0.1) is 0 Å². The molecular weight excluding hydrogens is 448 g/mol. The van der Waals surface area contributed by atoms with Crippen molar-refractivity contribution in [3.63, 3.8) is 0 Å². The number of carbonyl (C=O) groups excluding carboxylic acids is 1. The Morgan fingerprint density at radius 1 is 1.09 bits per heavy atom. The van der Waals surface area contributed by atoms with E-state index in [1.54, 1.807) is 24.3 Å². The number of thiol groups is 1. The number of benzene rings is 3. The van der Waals surface area contributed by atoms with Crippen LogP contribution in [-0.4, -0.2) is 33.6 Å². The van der Waals surface area contributed by atoms with Gasteiger partial charge in [0.25, 0.3) is 0 Å². The van der Waals surface area contributed by atoms with Gasteiger partial charge in [-0.05, 0) is 42.5 Å². The standard InChI is InChI=1S/C23H18N2O5S2/c24-22(32)25(9-10-31)19-17(27)8-7-16-20(19)29-18-11-12(26)5-6-15(18)23(16)14-4-2-1-3-13(14)21(28)30-23/h1-8,11,26-27,31H,9-10H2,(H2,24,32). The van der Waals surface area contributed by atoms with Crippen molar-refractivity contribution in [3.8, 4) is 23.0 Å². The molecule has 32 heavy (non-hydrogen) atoms. The number of nitrogens with two attached hydrogens (primary N) is 1. The fraction of sp³-hybridized carbons (Fsp3) is 0.130. The molecule has 0 bridgehead atoms. The second kappa shape index (κ2) is 7.32. The zero-order valence-corrected chi connectivity index (χ0v) is 18.3. The summed E-state index contributed by atoms with van der Waals surface area (Å²) < 4.78 is 12.3. The normalized spacial score (nSPS) is 17.7. The van der Waals surface area contributed by atoms with E-state index in [1.165, 1.54) is 23.1 Å². The molecular formula is C23H18N2O5S2. The van der Waals surface area contributed by atoms with E-state index in [2.05, 4.69) is 12.6 Å². The molecule has 2 aliphatic rings. The third-order valence-electron chi connectivity index (χ3n) is 5.68. The minimum atomic E-state index is -1.34. The van der Waals surface area contributed by atoms with Crippen LogP contribution in [-0.2, 0) is 10.3 Å². The second-order valence-electron chi connectivity index (χ2n) is 7.42. The smallest absolute Gasteiger partial charge is 0.340 e. The second-order valence-corrected chi connectivity index (χ2v) is 8.29. The number of phenolic OH excluding ortho intramolecular Hbond substituents is 2. The van der Waals surface area contributed by atoms with Gasteiger partial charge in [0.15, 0.2) is 16.5 Å². The Kier molecular flexibility index (Phi) is 4.68. The highest BCUT2D eigenvalue weighted by Crippen LogP contribution is 2.59. The summed E-state index contributed by atoms with van der Waals surface area (Å²) in [5.74, 6) is 0.284. The first-order valence-corrected chi connectivity index (χ1v) is 10.8. The summed E-state index contributed by atoms with van der Waals surface area (Å²) in [7, 11) is 0. The van der Waals surface area contributed by atoms with E-state index in [4.69, 9.17) is 27.4 Å². The van der Waals surface area contributed by atoms with Crippen molar-refractivity contribution in [1.29, 1.82) is 0 Å². The van der Waals surface area contributed by atoms with E-state index >= 15 is 0 Å². The third kappa shape index (κ3) is 2.74. The highest BCUT2D eigenvalue weighted by molar-refractivity contribution is 7.80. The van der Waals surface area contributed by atoms with Crippen molar-refractivity contribution >= 4 is 41.6 Å². The average Bonchev–Trinajstić information content (AvgIpc) is 3.05. The number of thiocarbonyl (C=S) groups is 1. The lowest BCUT2D eigenvalue weighted by Gasteiger charge is -2.38. The van der Waals surface area contributed by atoms with Crippen molar-refractivity contribution in [2.24, 2.45) is 5.73 Å². The van der Waals surface area contributed by atoms with Crippen molar-refractivity contribution < 1.29 is 24.5 Å². The van der Waals surface area contributed by atoms with Crippen molar-refractivity contribution in [2.75, 3.05) is 17.2 Å². The van der Waals surface area contributed by atoms with Gasteiger partial charge in [-0.25, -0.2) is 4.79 Å². The average molecular weight is 467 g/mol. The maximum Gasteiger partial charge on any atom is 0.340 e. The fourth-order valence-electron chi connectivity index (χ4n) is 4.39. The maximum atomic E-state index is 12.9. The summed E-state index contributed by atoms with van der Waals surface area (Å²) in [6.45, 7) is 0.308. The Balaban J connectivity index is 1.88. The first-order valence-electron chi connectivity index (χ1n) is 9.77. The summed E-state index contributed by atoms with van der Waals surface area (Å²) in [6, 6.07) is 14.8. The van der Waals surface area contributed by atoms with E-state index in [0.717, 1.165) is 0 Å². The molecule has 5 rings (SSSR count). The van der Waals surface area contributed by atoms with Gasteiger partial charge in [-0.1, -0.05) is 18.2 Å². The molecule has 0 aromatic heterocycles. The molecule has 3 aromatic rings. The predicted molar refractivity (Wildman–Crippen MR) is 126 cm³/mol. The minimum Gasteiger partial charge on any atom is -0.508 e. The molecule has 162 valence electrons. The fourth-order valence-corrected chi connectivity index (χ4v) is 4.78. The van der Waals surface area contributed by atoms with E-state index < -0.39 is 11.6 Å². The van der Waals surface area contributed by atoms with Gasteiger partial charge >= 0.3 is 5.97 Å². The van der Waals surface area contributed by atoms with Crippen LogP contribution in [0.25, 0.3) is 0 Å². The van der Waals surface area contributed by atoms with Crippen LogP contribution in [0.1, 0.15) is 27.0 Å². The van der Waals surface area contributed by atoms with E-state index in [1.807, 2.05) is 12.1 Å². The van der Waals surface area contributed by atoms with Gasteiger partial charge in [-0.2, -0.15) is 12.6 Å². The molecule has 9 heteroatoms. The van der Waals surface area contributed by atoms with Gasteiger partial charge in [-0.3, -0.25) is 0 Å². The Hall–Kier alpha value is -3.43. The number of nitrogens with zero attached hydrogens (tertiary/aromatic N) is 1. The molecule has 1 atom stereocenters. The van der Waals surface area contributed by atoms with Gasteiger partial charge in [0.05, 0.1) is 11.1 Å². The van der Waals surface area contributed by atoms with Crippen LogP contribution in [0.3, 0.4) is 0 Å². The molecule has 0 amide bonds. The summed E-state index contributed by atoms with van der Waals surface area (Å²) >= 11 is 9.49. The topological polar surface area (TPSA) is 105 Å². The quantitative estimate of drug-likeness (QED) is 0.263.